The summed E-state index contributed by atoms with van der Waals surface area (Å²) in [4.78, 5) is 0. The number of halogens is 3. The van der Waals surface area contributed by atoms with Crippen molar-refractivity contribution in [1.29, 1.82) is 0 Å². The number of nitrogen functional groups attached to an aromatic ring is 1. The standard InChI is InChI=1S/C15H14F3NO2/c1-20-14-8-12(19)6-5-10(14)9-21-13-4-2-3-11(7-13)15(16,17)18/h2-8H,9,19H2,1H3. The van der Waals surface area contributed by atoms with E-state index in [0.717, 1.165) is 12.1 Å². The summed E-state index contributed by atoms with van der Waals surface area (Å²) in [6, 6.07) is 9.75. The van der Waals surface area contributed by atoms with Crippen molar-refractivity contribution >= 4 is 5.69 Å². The molecule has 0 spiro atoms. The van der Waals surface area contributed by atoms with Gasteiger partial charge in [0.25, 0.3) is 0 Å². The maximum absolute atomic E-state index is 12.6. The van der Waals surface area contributed by atoms with Gasteiger partial charge in [-0.25, -0.2) is 0 Å². The SMILES string of the molecule is COc1cc(N)ccc1COc1cccc(C(F)(F)F)c1. The van der Waals surface area contributed by atoms with Crippen LogP contribution < -0.4 is 15.2 Å². The monoisotopic (exact) mass is 297 g/mol. The molecule has 0 heterocycles. The first-order chi connectivity index (χ1) is 9.90. The van der Waals surface area contributed by atoms with Gasteiger partial charge in [-0.05, 0) is 30.3 Å². The molecule has 3 nitrogen and oxygen atoms in total. The molecule has 0 unspecified atom stereocenters. The number of nitrogens with two attached hydrogens (primary N) is 1. The van der Waals surface area contributed by atoms with Crippen molar-refractivity contribution in [2.45, 2.75) is 12.8 Å². The summed E-state index contributed by atoms with van der Waals surface area (Å²) in [6.07, 6.45) is -4.39. The van der Waals surface area contributed by atoms with Crippen LogP contribution in [0, 0.1) is 0 Å². The fourth-order valence-electron chi connectivity index (χ4n) is 1.80. The Kier molecular flexibility index (Phi) is 4.26. The summed E-state index contributed by atoms with van der Waals surface area (Å²) >= 11 is 0. The summed E-state index contributed by atoms with van der Waals surface area (Å²) < 4.78 is 48.4. The highest BCUT2D eigenvalue weighted by molar-refractivity contribution is 5.48. The van der Waals surface area contributed by atoms with Crippen LogP contribution in [0.1, 0.15) is 11.1 Å². The molecule has 112 valence electrons. The molecule has 0 aliphatic carbocycles. The third kappa shape index (κ3) is 3.81. The van der Waals surface area contributed by atoms with Gasteiger partial charge in [-0.3, -0.25) is 0 Å². The van der Waals surface area contributed by atoms with Crippen molar-refractivity contribution in [2.24, 2.45) is 0 Å². The Bertz CT molecular complexity index is 627. The van der Waals surface area contributed by atoms with Gasteiger partial charge in [0.2, 0.25) is 0 Å². The van der Waals surface area contributed by atoms with Crippen LogP contribution in [0.3, 0.4) is 0 Å². The van der Waals surface area contributed by atoms with Gasteiger partial charge >= 0.3 is 6.18 Å². The fraction of sp³-hybridized carbons (Fsp3) is 0.200. The molecule has 0 saturated carbocycles. The number of rotatable bonds is 4. The van der Waals surface area contributed by atoms with Crippen molar-refractivity contribution in [3.63, 3.8) is 0 Å². The summed E-state index contributed by atoms with van der Waals surface area (Å²) in [5.74, 6) is 0.672. The first kappa shape index (κ1) is 15.0. The molecule has 6 heteroatoms. The van der Waals surface area contributed by atoms with E-state index >= 15 is 0 Å². The molecule has 21 heavy (non-hydrogen) atoms. The van der Waals surface area contributed by atoms with Crippen molar-refractivity contribution in [2.75, 3.05) is 12.8 Å². The lowest BCUT2D eigenvalue weighted by Crippen LogP contribution is -2.05. The molecule has 2 N–H and O–H groups in total. The number of ether oxygens (including phenoxy) is 2. The third-order valence-electron chi connectivity index (χ3n) is 2.87. The molecule has 0 aliphatic rings. The van der Waals surface area contributed by atoms with Gasteiger partial charge < -0.3 is 15.2 Å². The highest BCUT2D eigenvalue weighted by atomic mass is 19.4. The maximum atomic E-state index is 12.6. The van der Waals surface area contributed by atoms with E-state index in [1.54, 1.807) is 18.2 Å². The lowest BCUT2D eigenvalue weighted by molar-refractivity contribution is -0.137. The Labute approximate surface area is 120 Å². The molecule has 2 rings (SSSR count). The Morgan fingerprint density at radius 1 is 1.10 bits per heavy atom. The molecule has 0 atom stereocenters. The molecule has 0 bridgehead atoms. The van der Waals surface area contributed by atoms with Crippen molar-refractivity contribution in [3.8, 4) is 11.5 Å². The van der Waals surface area contributed by atoms with E-state index in [-0.39, 0.29) is 12.4 Å². The second kappa shape index (κ2) is 5.95. The van der Waals surface area contributed by atoms with Gasteiger partial charge in [0.05, 0.1) is 12.7 Å². The van der Waals surface area contributed by atoms with Crippen LogP contribution in [-0.4, -0.2) is 7.11 Å². The molecule has 2 aromatic carbocycles. The number of anilines is 1. The molecule has 0 saturated heterocycles. The van der Waals surface area contributed by atoms with Crippen molar-refractivity contribution in [1.82, 2.24) is 0 Å². The van der Waals surface area contributed by atoms with Crippen molar-refractivity contribution in [3.05, 3.63) is 53.6 Å². The van der Waals surface area contributed by atoms with E-state index < -0.39 is 11.7 Å². The minimum atomic E-state index is -4.39. The number of benzene rings is 2. The van der Waals surface area contributed by atoms with Crippen LogP contribution in [-0.2, 0) is 12.8 Å². The number of alkyl halides is 3. The Balaban J connectivity index is 2.13. The first-order valence-electron chi connectivity index (χ1n) is 6.12. The minimum absolute atomic E-state index is 0.0881. The predicted molar refractivity (Wildman–Crippen MR) is 73.2 cm³/mol. The first-order valence-corrected chi connectivity index (χ1v) is 6.12. The van der Waals surface area contributed by atoms with E-state index in [1.807, 2.05) is 0 Å². The largest absolute Gasteiger partial charge is 0.496 e. The van der Waals surface area contributed by atoms with E-state index in [1.165, 1.54) is 19.2 Å². The zero-order valence-corrected chi connectivity index (χ0v) is 11.3. The van der Waals surface area contributed by atoms with Gasteiger partial charge in [0.1, 0.15) is 18.1 Å². The van der Waals surface area contributed by atoms with E-state index in [9.17, 15) is 13.2 Å². The Morgan fingerprint density at radius 3 is 2.52 bits per heavy atom. The van der Waals surface area contributed by atoms with Crippen molar-refractivity contribution < 1.29 is 22.6 Å². The predicted octanol–water partition coefficient (Wildman–Crippen LogP) is 3.88. The maximum Gasteiger partial charge on any atom is 0.416 e. The minimum Gasteiger partial charge on any atom is -0.496 e. The number of methoxy groups -OCH3 is 1. The molecule has 2 aromatic rings. The van der Waals surface area contributed by atoms with Crippen LogP contribution in [0.5, 0.6) is 11.5 Å². The molecule has 0 aliphatic heterocycles. The van der Waals surface area contributed by atoms with Gasteiger partial charge in [-0.1, -0.05) is 6.07 Å². The molecule has 0 fully saturated rings. The van der Waals surface area contributed by atoms with Crippen LogP contribution in [0.25, 0.3) is 0 Å². The average molecular weight is 297 g/mol. The summed E-state index contributed by atoms with van der Waals surface area (Å²) in [5.41, 5.74) is 6.12. The number of hydrogen-bond acceptors (Lipinski definition) is 3. The summed E-state index contributed by atoms with van der Waals surface area (Å²) in [7, 11) is 1.49. The Hall–Kier alpha value is -2.37. The molecule has 0 amide bonds. The quantitative estimate of drug-likeness (QED) is 0.871. The van der Waals surface area contributed by atoms with Gasteiger partial charge in [0, 0.05) is 17.3 Å². The molecule has 0 aromatic heterocycles. The van der Waals surface area contributed by atoms with E-state index in [4.69, 9.17) is 15.2 Å². The Morgan fingerprint density at radius 2 is 1.86 bits per heavy atom. The van der Waals surface area contributed by atoms with Gasteiger partial charge in [0.15, 0.2) is 0 Å². The van der Waals surface area contributed by atoms with E-state index in [2.05, 4.69) is 0 Å². The molecular weight excluding hydrogens is 283 g/mol. The highest BCUT2D eigenvalue weighted by Gasteiger charge is 2.30. The van der Waals surface area contributed by atoms with E-state index in [0.29, 0.717) is 17.0 Å². The highest BCUT2D eigenvalue weighted by Crippen LogP contribution is 2.31. The lowest BCUT2D eigenvalue weighted by Gasteiger charge is -2.12. The second-order valence-electron chi connectivity index (χ2n) is 4.39. The smallest absolute Gasteiger partial charge is 0.416 e. The average Bonchev–Trinajstić information content (AvgIpc) is 2.45. The van der Waals surface area contributed by atoms with Crippen LogP contribution in [0.15, 0.2) is 42.5 Å². The summed E-state index contributed by atoms with van der Waals surface area (Å²) in [5, 5.41) is 0. The zero-order valence-electron chi connectivity index (χ0n) is 11.3. The lowest BCUT2D eigenvalue weighted by atomic mass is 10.2. The van der Waals surface area contributed by atoms with Crippen LogP contribution in [0.4, 0.5) is 18.9 Å². The van der Waals surface area contributed by atoms with Gasteiger partial charge in [-0.15, -0.1) is 0 Å². The normalized spacial score (nSPS) is 11.2. The van der Waals surface area contributed by atoms with Crippen LogP contribution in [0.2, 0.25) is 0 Å². The third-order valence-corrected chi connectivity index (χ3v) is 2.87. The zero-order chi connectivity index (χ0) is 15.5. The molecule has 0 radical (unpaired) electrons. The number of hydrogen-bond donors (Lipinski definition) is 1. The topological polar surface area (TPSA) is 44.5 Å². The summed E-state index contributed by atoms with van der Waals surface area (Å²) in [6.45, 7) is 0.0881. The van der Waals surface area contributed by atoms with Crippen LogP contribution >= 0.6 is 0 Å². The fourth-order valence-corrected chi connectivity index (χ4v) is 1.80. The second-order valence-corrected chi connectivity index (χ2v) is 4.39. The van der Waals surface area contributed by atoms with Gasteiger partial charge in [-0.2, -0.15) is 13.2 Å². The molecular formula is C15H14F3NO2.